The number of fused-ring (bicyclic) bond motifs is 5. The molecule has 4 aliphatic rings. The first-order valence-corrected chi connectivity index (χ1v) is 46.9. The number of hydrogen-bond donors (Lipinski definition) is 1. The molecule has 4 aliphatic heterocycles. The van der Waals surface area contributed by atoms with Crippen LogP contribution in [0, 0.1) is 49.5 Å². The number of aryl methyl sites for hydroxylation is 3. The number of anilines is 1. The molecule has 0 bridgehead atoms. The van der Waals surface area contributed by atoms with E-state index in [2.05, 4.69) is 70.9 Å². The number of H-pyrrole nitrogens is 1. The van der Waals surface area contributed by atoms with E-state index in [1.54, 1.807) is 80.6 Å². The predicted octanol–water partition coefficient (Wildman–Crippen LogP) is 19.2. The molecule has 10 heterocycles. The van der Waals surface area contributed by atoms with Gasteiger partial charge < -0.3 is 89.1 Å². The molecule has 0 spiro atoms. The van der Waals surface area contributed by atoms with Gasteiger partial charge in [0.2, 0.25) is 5.82 Å². The number of aromatic nitrogens is 6. The van der Waals surface area contributed by atoms with Crippen LogP contribution in [0.15, 0.2) is 244 Å². The summed E-state index contributed by atoms with van der Waals surface area (Å²) < 4.78 is 157. The second-order valence-electron chi connectivity index (χ2n) is 35.6. The van der Waals surface area contributed by atoms with Crippen LogP contribution in [0.2, 0.25) is 0 Å². The maximum atomic E-state index is 14.7. The van der Waals surface area contributed by atoms with Gasteiger partial charge in [0, 0.05) is 109 Å². The molecule has 1 N–H and O–H groups in total. The Balaban J connectivity index is 0.000000183. The van der Waals surface area contributed by atoms with Crippen molar-refractivity contribution in [2.24, 2.45) is 21.1 Å². The molecule has 134 heavy (non-hydrogen) atoms. The number of benzene rings is 8. The molecule has 22 nitrogen and oxygen atoms in total. The standard InChI is InChI=1S/C29H24IN3O4S.2C15H19BFNO2.C12H24B2O4.C9H7BrFN.C8H5BrFN.C6H3BrFNO2.C2H3.BrH.Mg/c1-37-29(34)25-18-31-28(32(19-21-11-5-2-6-12-21)20-22-13-7-3-8-14-22)27-24(25)17-26(30)33(27)38(35,36)23-15-9-4-10-16-23;2*1-14(2)15(3,4)20-16(19-14)11-7-6-10-8-9-18(5)13(10)12(11)17;1-9(2)10(3,4)16-13(15-9)14-17-11(5,6)12(7,8)18-14;1-12-5-4-6-2-3-7(10)8(11)9(6)12;9-6-2-1-5-3-4-11-8(5)7(6)10;7-4-2-1-3-5(6(4)8)9(10)11;1-2;;/h2-18H,19-20H2,1H3;2*6-9H,1-5H3;1-8H3;2-5H,1H3;1-4,11H;1-3H;1H,2H2;1H;/q;;;;;;;-1;;+2/p-1. The molecule has 4 saturated heterocycles. The minimum atomic E-state index is -4.01. The van der Waals surface area contributed by atoms with Crippen molar-refractivity contribution in [1.82, 2.24) is 27.6 Å². The zero-order valence-corrected chi connectivity index (χ0v) is 88.8. The van der Waals surface area contributed by atoms with Gasteiger partial charge in [-0.05, 0) is 253 Å². The number of rotatable bonds is 12. The number of carbonyl (C=O) groups excluding carboxylic acids is 1. The predicted molar refractivity (Wildman–Crippen MR) is 538 cm³/mol. The molecular weight excluding hydrogens is 2130 g/mol. The molecule has 4 fully saturated rings. The number of methoxy groups -OCH3 is 1. The third-order valence-corrected chi connectivity index (χ3v) is 29.3. The summed E-state index contributed by atoms with van der Waals surface area (Å²) in [7, 11) is 0.490. The second kappa shape index (κ2) is 44.0. The molecule has 14 aromatic rings. The van der Waals surface area contributed by atoms with Crippen LogP contribution in [-0.4, -0.2) is 150 Å². The van der Waals surface area contributed by atoms with Gasteiger partial charge in [0.1, 0.15) is 17.2 Å². The van der Waals surface area contributed by atoms with E-state index in [1.165, 1.54) is 29.4 Å². The maximum absolute atomic E-state index is 14.7. The van der Waals surface area contributed by atoms with Gasteiger partial charge in [-0.3, -0.25) is 16.7 Å². The van der Waals surface area contributed by atoms with Crippen molar-refractivity contribution in [2.45, 2.75) is 174 Å². The van der Waals surface area contributed by atoms with Crippen LogP contribution >= 0.6 is 70.4 Å². The molecule has 702 valence electrons. The van der Waals surface area contributed by atoms with Crippen LogP contribution in [0.3, 0.4) is 0 Å². The summed E-state index contributed by atoms with van der Waals surface area (Å²) in [6.45, 7) is 39.9. The molecule has 0 radical (unpaired) electrons. The van der Waals surface area contributed by atoms with Gasteiger partial charge in [-0.1, -0.05) is 121 Å². The number of ether oxygens (including phenoxy) is 1. The molecule has 0 saturated carbocycles. The zero-order valence-electron chi connectivity index (χ0n) is 78.0. The first kappa shape index (κ1) is 110. The molecular formula is C96H104B4Br4F5IMgN8O14S. The van der Waals surface area contributed by atoms with E-state index >= 15 is 0 Å². The quantitative estimate of drug-likeness (QED) is 0.0228. The molecule has 8 aromatic carbocycles. The van der Waals surface area contributed by atoms with Crippen LogP contribution in [0.25, 0.3) is 54.5 Å². The van der Waals surface area contributed by atoms with Crippen molar-refractivity contribution >= 4 is 215 Å². The molecule has 0 unspecified atom stereocenters. The van der Waals surface area contributed by atoms with Gasteiger partial charge in [0.15, 0.2) is 17.5 Å². The van der Waals surface area contributed by atoms with Gasteiger partial charge in [0.25, 0.3) is 10.0 Å². The summed E-state index contributed by atoms with van der Waals surface area (Å²) in [4.78, 5) is 31.7. The fourth-order valence-electron chi connectivity index (χ4n) is 14.4. The molecule has 0 aliphatic carbocycles. The third-order valence-electron chi connectivity index (χ3n) is 24.6. The fraction of sp³-hybridized carbons (Fsp3) is 0.312. The Morgan fingerprint density at radius 1 is 0.507 bits per heavy atom. The molecule has 6 aromatic heterocycles. The summed E-state index contributed by atoms with van der Waals surface area (Å²) in [6, 6.07) is 55.7. The number of nitro benzene ring substituents is 1. The Morgan fingerprint density at radius 2 is 0.873 bits per heavy atom. The van der Waals surface area contributed by atoms with E-state index in [-0.39, 0.29) is 101 Å². The fourth-order valence-corrected chi connectivity index (χ4v) is 18.2. The van der Waals surface area contributed by atoms with E-state index < -0.39 is 83.1 Å². The maximum Gasteiger partial charge on any atom is 2.00 e. The van der Waals surface area contributed by atoms with E-state index in [0.717, 1.165) is 38.7 Å². The Hall–Kier alpha value is -8.02. The second-order valence-corrected chi connectivity index (χ2v) is 41.0. The third kappa shape index (κ3) is 23.6. The number of halogens is 10. The van der Waals surface area contributed by atoms with Gasteiger partial charge in [-0.2, -0.15) is 4.39 Å². The molecule has 38 heteroatoms. The van der Waals surface area contributed by atoms with Crippen molar-refractivity contribution in [1.29, 1.82) is 0 Å². The summed E-state index contributed by atoms with van der Waals surface area (Å²) in [5, 5.41) is 14.2. The van der Waals surface area contributed by atoms with Crippen LogP contribution < -0.4 is 32.8 Å². The minimum Gasteiger partial charge on any atom is -1.00 e. The summed E-state index contributed by atoms with van der Waals surface area (Å²) in [6.07, 6.45) is 8.73. The van der Waals surface area contributed by atoms with Crippen LogP contribution in [-0.2, 0) is 86.2 Å². The summed E-state index contributed by atoms with van der Waals surface area (Å²) >= 11 is 11.1. The van der Waals surface area contributed by atoms with Gasteiger partial charge >= 0.3 is 63.0 Å². The van der Waals surface area contributed by atoms with Gasteiger partial charge in [-0.25, -0.2) is 39.7 Å². The number of nitrogens with one attached hydrogen (secondary N) is 1. The molecule has 0 amide bonds. The Kier molecular flexibility index (Phi) is 36.0. The van der Waals surface area contributed by atoms with Crippen LogP contribution in [0.4, 0.5) is 33.5 Å². The van der Waals surface area contributed by atoms with E-state index in [0.29, 0.717) is 75.4 Å². The van der Waals surface area contributed by atoms with Crippen molar-refractivity contribution in [2.75, 3.05) is 12.0 Å². The number of aromatic amines is 1. The largest absolute Gasteiger partial charge is 2.00 e. The van der Waals surface area contributed by atoms with Crippen molar-refractivity contribution in [3.63, 3.8) is 0 Å². The van der Waals surface area contributed by atoms with Crippen LogP contribution in [0.1, 0.15) is 132 Å². The monoisotopic (exact) mass is 2230 g/mol. The normalized spacial score (nSPS) is 16.4. The van der Waals surface area contributed by atoms with E-state index in [9.17, 15) is 45.3 Å². The van der Waals surface area contributed by atoms with Gasteiger partial charge in [-0.15, -0.1) is 0 Å². The first-order valence-electron chi connectivity index (χ1n) is 42.0. The zero-order chi connectivity index (χ0) is 97.1. The van der Waals surface area contributed by atoms with E-state index in [1.807, 2.05) is 287 Å². The summed E-state index contributed by atoms with van der Waals surface area (Å²) in [5.41, 5.74) is 2.06. The molecule has 18 rings (SSSR count). The number of nitrogens with zero attached hydrogens (tertiary/aromatic N) is 7. The average molecular weight is 2240 g/mol. The Morgan fingerprint density at radius 3 is 1.27 bits per heavy atom. The Bertz CT molecular complexity index is 6390. The number of hydrogen-bond acceptors (Lipinski definition) is 16. The smallest absolute Gasteiger partial charge is 1.00 e. The Labute approximate surface area is 845 Å². The minimum absolute atomic E-state index is 0. The van der Waals surface area contributed by atoms with Crippen molar-refractivity contribution in [3.8, 4) is 0 Å². The molecule has 0 atom stereocenters. The SMILES string of the molecule is CC1(C)OB(B2OC(C)(C)C(C)(C)O2)OC1(C)C.COC(=O)c1cnc(N(Cc2ccccc2)Cc2ccccc2)c2c1cc(I)n2S(=O)(=O)c1ccccc1.Cn1ccc2ccc(B3OC(C)(C)C(C)(C)O3)c(F)c21.Cn1ccc2ccc(B3OC(C)(C)C(C)(C)O3)c(F)c21.Cn1ccc2ccc(Br)c(F)c21.Fc1c(Br)ccc2cc[nH]c12.O=[N+]([O-])c1cccc(Br)c1F.[Br-].[CH-]=C.[Mg+2]. The number of pyridine rings is 1. The van der Waals surface area contributed by atoms with Crippen molar-refractivity contribution in [3.05, 3.63) is 305 Å². The van der Waals surface area contributed by atoms with Crippen LogP contribution in [0.5, 0.6) is 0 Å². The first-order chi connectivity index (χ1) is 61.8. The van der Waals surface area contributed by atoms with E-state index in [4.69, 9.17) is 42.0 Å². The topological polar surface area (TPSA) is 229 Å². The number of carbonyl (C=O) groups is 1. The number of nitro groups is 1. The number of esters is 1. The summed E-state index contributed by atoms with van der Waals surface area (Å²) in [5.74, 6) is -1.94. The average Bonchev–Trinajstić information content (AvgIpc) is 1.48. The van der Waals surface area contributed by atoms with Crippen molar-refractivity contribution < 1.29 is 99.0 Å². The van der Waals surface area contributed by atoms with Gasteiger partial charge in [0.05, 0.1) is 106 Å².